The van der Waals surface area contributed by atoms with Gasteiger partial charge in [-0.15, -0.1) is 0 Å². The number of halogens is 1. The minimum absolute atomic E-state index is 0.0573. The minimum Gasteiger partial charge on any atom is -0.352 e. The van der Waals surface area contributed by atoms with Crippen LogP contribution in [0.15, 0.2) is 71.6 Å². The number of nitrogens with one attached hydrogen (secondary N) is 1. The Morgan fingerprint density at radius 2 is 1.46 bits per heavy atom. The normalized spacial score (nSPS) is 12.9. The van der Waals surface area contributed by atoms with Crippen molar-refractivity contribution in [2.45, 2.75) is 77.9 Å². The topological polar surface area (TPSA) is 86.8 Å². The maximum atomic E-state index is 14.2. The largest absolute Gasteiger partial charge is 0.352 e. The minimum atomic E-state index is -4.17. The van der Waals surface area contributed by atoms with Crippen LogP contribution in [0.4, 0.5) is 5.69 Å². The highest BCUT2D eigenvalue weighted by molar-refractivity contribution is 7.92. The van der Waals surface area contributed by atoms with Crippen molar-refractivity contribution in [3.63, 3.8) is 0 Å². The van der Waals surface area contributed by atoms with Gasteiger partial charge in [0.2, 0.25) is 11.8 Å². The highest BCUT2D eigenvalue weighted by atomic mass is 35.5. The lowest BCUT2D eigenvalue weighted by Crippen LogP contribution is -2.53. The van der Waals surface area contributed by atoms with Crippen LogP contribution < -0.4 is 9.62 Å². The average Bonchev–Trinajstić information content (AvgIpc) is 2.94. The molecule has 0 spiro atoms. The van der Waals surface area contributed by atoms with Gasteiger partial charge in [0.05, 0.1) is 10.6 Å². The SMILES string of the molecule is CC[C@@H](C)NC(=O)[C@@H](CC)N(Cc1ccc(C)cc1)C(=O)CN(c1cc(Cl)ccc1C)S(=O)(=O)c1ccc(C)cc1. The van der Waals surface area contributed by atoms with Crippen molar-refractivity contribution in [1.82, 2.24) is 10.2 Å². The Morgan fingerprint density at radius 3 is 2.02 bits per heavy atom. The first-order valence-electron chi connectivity index (χ1n) is 13.9. The molecule has 0 saturated heterocycles. The van der Waals surface area contributed by atoms with Gasteiger partial charge in [-0.1, -0.05) is 79.0 Å². The van der Waals surface area contributed by atoms with Crippen LogP contribution in [-0.2, 0) is 26.2 Å². The summed E-state index contributed by atoms with van der Waals surface area (Å²) in [7, 11) is -4.17. The molecule has 220 valence electrons. The van der Waals surface area contributed by atoms with Gasteiger partial charge in [0.25, 0.3) is 10.0 Å². The summed E-state index contributed by atoms with van der Waals surface area (Å²) in [6.45, 7) is 11.0. The molecule has 1 N–H and O–H groups in total. The number of hydrogen-bond acceptors (Lipinski definition) is 4. The predicted molar refractivity (Wildman–Crippen MR) is 166 cm³/mol. The fraction of sp³-hybridized carbons (Fsp3) is 0.375. The quantitative estimate of drug-likeness (QED) is 0.270. The third kappa shape index (κ3) is 8.11. The second kappa shape index (κ2) is 14.0. The molecule has 3 aromatic rings. The molecule has 0 heterocycles. The summed E-state index contributed by atoms with van der Waals surface area (Å²) in [5.41, 5.74) is 3.77. The van der Waals surface area contributed by atoms with E-state index < -0.39 is 28.5 Å². The molecule has 9 heteroatoms. The molecule has 0 aliphatic rings. The zero-order chi connectivity index (χ0) is 30.3. The molecule has 0 aliphatic heterocycles. The van der Waals surface area contributed by atoms with Crippen molar-refractivity contribution in [3.05, 3.63) is 94.0 Å². The van der Waals surface area contributed by atoms with Crippen molar-refractivity contribution in [2.24, 2.45) is 0 Å². The first-order chi connectivity index (χ1) is 19.4. The number of hydrogen-bond donors (Lipinski definition) is 1. The van der Waals surface area contributed by atoms with Crippen molar-refractivity contribution in [3.8, 4) is 0 Å². The predicted octanol–water partition coefficient (Wildman–Crippen LogP) is 6.18. The lowest BCUT2D eigenvalue weighted by Gasteiger charge is -2.34. The number of rotatable bonds is 12. The van der Waals surface area contributed by atoms with Gasteiger partial charge in [-0.25, -0.2) is 8.42 Å². The van der Waals surface area contributed by atoms with Crippen molar-refractivity contribution >= 4 is 39.1 Å². The first-order valence-corrected chi connectivity index (χ1v) is 15.7. The van der Waals surface area contributed by atoms with Crippen LogP contribution in [0.3, 0.4) is 0 Å². The Morgan fingerprint density at radius 1 is 0.878 bits per heavy atom. The van der Waals surface area contributed by atoms with Gasteiger partial charge in [0, 0.05) is 17.6 Å². The number of benzene rings is 3. The Kier molecular flexibility index (Phi) is 11.0. The number of aryl methyl sites for hydroxylation is 3. The summed E-state index contributed by atoms with van der Waals surface area (Å²) in [5.74, 6) is -0.763. The molecule has 0 unspecified atom stereocenters. The number of anilines is 1. The van der Waals surface area contributed by atoms with E-state index in [9.17, 15) is 18.0 Å². The molecule has 0 saturated carbocycles. The van der Waals surface area contributed by atoms with Crippen LogP contribution in [0.5, 0.6) is 0 Å². The lowest BCUT2D eigenvalue weighted by atomic mass is 10.1. The highest BCUT2D eigenvalue weighted by Gasteiger charge is 2.34. The zero-order valence-corrected chi connectivity index (χ0v) is 26.2. The third-order valence-electron chi connectivity index (χ3n) is 7.19. The van der Waals surface area contributed by atoms with E-state index in [1.54, 1.807) is 37.3 Å². The summed E-state index contributed by atoms with van der Waals surface area (Å²) >= 11 is 6.30. The van der Waals surface area contributed by atoms with E-state index in [2.05, 4.69) is 5.32 Å². The van der Waals surface area contributed by atoms with Crippen LogP contribution in [0, 0.1) is 20.8 Å². The zero-order valence-electron chi connectivity index (χ0n) is 24.6. The number of sulfonamides is 1. The maximum absolute atomic E-state index is 14.2. The van der Waals surface area contributed by atoms with E-state index in [0.29, 0.717) is 22.7 Å². The van der Waals surface area contributed by atoms with Gasteiger partial charge < -0.3 is 10.2 Å². The Bertz CT molecular complexity index is 1460. The fourth-order valence-corrected chi connectivity index (χ4v) is 6.09. The van der Waals surface area contributed by atoms with E-state index in [4.69, 9.17) is 11.6 Å². The first kappa shape index (κ1) is 32.2. The summed E-state index contributed by atoms with van der Waals surface area (Å²) in [5, 5.41) is 3.34. The Labute approximate surface area is 249 Å². The molecule has 2 amide bonds. The van der Waals surface area contributed by atoms with Crippen LogP contribution in [0.1, 0.15) is 55.9 Å². The van der Waals surface area contributed by atoms with Crippen molar-refractivity contribution in [2.75, 3.05) is 10.8 Å². The van der Waals surface area contributed by atoms with Crippen LogP contribution in [0.25, 0.3) is 0 Å². The summed E-state index contributed by atoms with van der Waals surface area (Å²) in [6, 6.07) is 18.3. The van der Waals surface area contributed by atoms with Crippen molar-refractivity contribution < 1.29 is 18.0 Å². The second-order valence-electron chi connectivity index (χ2n) is 10.5. The molecule has 3 aromatic carbocycles. The summed E-state index contributed by atoms with van der Waals surface area (Å²) in [6.07, 6.45) is 1.10. The molecule has 0 fully saturated rings. The van der Waals surface area contributed by atoms with Crippen LogP contribution >= 0.6 is 11.6 Å². The van der Waals surface area contributed by atoms with Gasteiger partial charge >= 0.3 is 0 Å². The molecular weight excluding hydrogens is 558 g/mol. The van der Waals surface area contributed by atoms with E-state index >= 15 is 0 Å². The van der Waals surface area contributed by atoms with E-state index in [1.165, 1.54) is 17.0 Å². The maximum Gasteiger partial charge on any atom is 0.264 e. The monoisotopic (exact) mass is 597 g/mol. The Balaban J connectivity index is 2.10. The molecule has 0 radical (unpaired) electrons. The standard InChI is InChI=1S/C32H40ClN3O4S/c1-7-25(6)34-32(38)29(8-2)35(20-26-14-9-22(3)10-15-26)31(37)21-36(30-19-27(33)16-13-24(30)5)41(39,40)28-17-11-23(4)12-18-28/h9-19,25,29H,7-8,20-21H2,1-6H3,(H,34,38)/t25-,29-/m1/s1. The summed E-state index contributed by atoms with van der Waals surface area (Å²) in [4.78, 5) is 29.1. The average molecular weight is 598 g/mol. The van der Waals surface area contributed by atoms with Crippen LogP contribution in [-0.4, -0.2) is 43.8 Å². The fourth-order valence-electron chi connectivity index (χ4n) is 4.45. The molecule has 3 rings (SSSR count). The molecule has 0 aliphatic carbocycles. The number of carbonyl (C=O) groups excluding carboxylic acids is 2. The number of nitrogens with zero attached hydrogens (tertiary/aromatic N) is 2. The third-order valence-corrected chi connectivity index (χ3v) is 9.20. The van der Waals surface area contributed by atoms with E-state index in [1.807, 2.05) is 58.9 Å². The summed E-state index contributed by atoms with van der Waals surface area (Å²) < 4.78 is 29.2. The van der Waals surface area contributed by atoms with Gasteiger partial charge in [0.15, 0.2) is 0 Å². The van der Waals surface area contributed by atoms with Crippen molar-refractivity contribution in [1.29, 1.82) is 0 Å². The number of amides is 2. The molecule has 7 nitrogen and oxygen atoms in total. The smallest absolute Gasteiger partial charge is 0.264 e. The molecule has 2 atom stereocenters. The highest BCUT2D eigenvalue weighted by Crippen LogP contribution is 2.30. The van der Waals surface area contributed by atoms with E-state index in [-0.39, 0.29) is 23.4 Å². The van der Waals surface area contributed by atoms with Crippen LogP contribution in [0.2, 0.25) is 5.02 Å². The molecule has 0 aromatic heterocycles. The molecule has 0 bridgehead atoms. The molecule has 41 heavy (non-hydrogen) atoms. The Hall–Kier alpha value is -3.36. The second-order valence-corrected chi connectivity index (χ2v) is 12.8. The van der Waals surface area contributed by atoms with E-state index in [0.717, 1.165) is 27.4 Å². The van der Waals surface area contributed by atoms with Gasteiger partial charge in [0.1, 0.15) is 12.6 Å². The lowest BCUT2D eigenvalue weighted by molar-refractivity contribution is -0.140. The van der Waals surface area contributed by atoms with Gasteiger partial charge in [-0.2, -0.15) is 0 Å². The van der Waals surface area contributed by atoms with Gasteiger partial charge in [-0.05, 0) is 75.9 Å². The number of carbonyl (C=O) groups is 2. The molecular formula is C32H40ClN3O4S. The van der Waals surface area contributed by atoms with Gasteiger partial charge in [-0.3, -0.25) is 13.9 Å².